The van der Waals surface area contributed by atoms with E-state index in [4.69, 9.17) is 5.73 Å². The first-order chi connectivity index (χ1) is 8.90. The maximum atomic E-state index is 12.1. The number of nitrogen functional groups attached to an aromatic ring is 1. The molecule has 0 radical (unpaired) electrons. The van der Waals surface area contributed by atoms with Crippen LogP contribution in [0.2, 0.25) is 0 Å². The Kier molecular flexibility index (Phi) is 3.25. The fourth-order valence-electron chi connectivity index (χ4n) is 1.96. The maximum absolute atomic E-state index is 12.1. The molecule has 0 aromatic heterocycles. The third-order valence-electron chi connectivity index (χ3n) is 2.75. The first-order valence-electron chi connectivity index (χ1n) is 5.95. The second-order valence-corrected chi connectivity index (χ2v) is 4.72. The molecule has 19 heavy (non-hydrogen) atoms. The summed E-state index contributed by atoms with van der Waals surface area (Å²) in [5.74, 6) is -1.30. The van der Waals surface area contributed by atoms with E-state index in [1.165, 1.54) is 12.1 Å². The first kappa shape index (κ1) is 13.1. The summed E-state index contributed by atoms with van der Waals surface area (Å²) < 4.78 is 0. The Morgan fingerprint density at radius 2 is 1.89 bits per heavy atom. The lowest BCUT2D eigenvalue weighted by molar-refractivity contribution is -0.121. The lowest BCUT2D eigenvalue weighted by Crippen LogP contribution is -2.42. The van der Waals surface area contributed by atoms with Gasteiger partial charge in [-0.15, -0.1) is 0 Å². The zero-order valence-electron chi connectivity index (χ0n) is 10.8. The van der Waals surface area contributed by atoms with Gasteiger partial charge in [0.1, 0.15) is 6.54 Å². The molecule has 1 aliphatic heterocycles. The van der Waals surface area contributed by atoms with Gasteiger partial charge in [-0.25, -0.2) is 0 Å². The summed E-state index contributed by atoms with van der Waals surface area (Å²) in [6.45, 7) is 3.34. The van der Waals surface area contributed by atoms with Gasteiger partial charge in [0.05, 0.1) is 11.1 Å². The van der Waals surface area contributed by atoms with Crippen molar-refractivity contribution in [2.45, 2.75) is 19.9 Å². The molecule has 3 amide bonds. The minimum absolute atomic E-state index is 0.0432. The largest absolute Gasteiger partial charge is 0.399 e. The SMILES string of the molecule is CC(C)NC(=O)CN1C(=O)c2ccc(N)cc2C1=O. The number of nitrogens with one attached hydrogen (secondary N) is 1. The molecule has 1 heterocycles. The van der Waals surface area contributed by atoms with Crippen LogP contribution in [0.15, 0.2) is 18.2 Å². The van der Waals surface area contributed by atoms with Crippen molar-refractivity contribution < 1.29 is 14.4 Å². The molecule has 0 saturated carbocycles. The van der Waals surface area contributed by atoms with Crippen LogP contribution >= 0.6 is 0 Å². The van der Waals surface area contributed by atoms with Crippen LogP contribution in [0.4, 0.5) is 5.69 Å². The van der Waals surface area contributed by atoms with Crippen LogP contribution in [-0.4, -0.2) is 35.2 Å². The lowest BCUT2D eigenvalue weighted by Gasteiger charge is -2.14. The van der Waals surface area contributed by atoms with Gasteiger partial charge >= 0.3 is 0 Å². The summed E-state index contributed by atoms with van der Waals surface area (Å²) in [6, 6.07) is 4.47. The molecule has 100 valence electrons. The number of nitrogens with zero attached hydrogens (tertiary/aromatic N) is 1. The molecule has 3 N–H and O–H groups in total. The third-order valence-corrected chi connectivity index (χ3v) is 2.75. The number of carbonyl (C=O) groups is 3. The summed E-state index contributed by atoms with van der Waals surface area (Å²) in [6.07, 6.45) is 0. The Bertz CT molecular complexity index is 566. The van der Waals surface area contributed by atoms with Crippen LogP contribution in [-0.2, 0) is 4.79 Å². The molecule has 1 aromatic carbocycles. The third kappa shape index (κ3) is 2.42. The summed E-state index contributed by atoms with van der Waals surface area (Å²) in [7, 11) is 0. The quantitative estimate of drug-likeness (QED) is 0.608. The predicted octanol–water partition coefficient (Wildman–Crippen LogP) is 0.389. The maximum Gasteiger partial charge on any atom is 0.262 e. The Labute approximate surface area is 110 Å². The molecule has 0 fully saturated rings. The monoisotopic (exact) mass is 261 g/mol. The van der Waals surface area contributed by atoms with Crippen LogP contribution in [0.1, 0.15) is 34.6 Å². The van der Waals surface area contributed by atoms with Gasteiger partial charge in [-0.05, 0) is 32.0 Å². The van der Waals surface area contributed by atoms with Gasteiger partial charge in [-0.2, -0.15) is 0 Å². The fourth-order valence-corrected chi connectivity index (χ4v) is 1.96. The molecule has 0 atom stereocenters. The highest BCUT2D eigenvalue weighted by Gasteiger charge is 2.36. The molecular formula is C13H15N3O3. The van der Waals surface area contributed by atoms with Crippen molar-refractivity contribution in [3.8, 4) is 0 Å². The average Bonchev–Trinajstić information content (AvgIpc) is 2.53. The number of hydrogen-bond donors (Lipinski definition) is 2. The number of nitrogens with two attached hydrogens (primary N) is 1. The second kappa shape index (κ2) is 4.72. The van der Waals surface area contributed by atoms with E-state index in [2.05, 4.69) is 5.32 Å². The van der Waals surface area contributed by atoms with Gasteiger partial charge in [0.15, 0.2) is 0 Å². The molecule has 0 unspecified atom stereocenters. The highest BCUT2D eigenvalue weighted by Crippen LogP contribution is 2.24. The highest BCUT2D eigenvalue weighted by atomic mass is 16.2. The van der Waals surface area contributed by atoms with Gasteiger partial charge in [-0.1, -0.05) is 0 Å². The predicted molar refractivity (Wildman–Crippen MR) is 69.5 cm³/mol. The number of imide groups is 1. The van der Waals surface area contributed by atoms with Gasteiger partial charge < -0.3 is 11.1 Å². The number of carbonyl (C=O) groups excluding carboxylic acids is 3. The molecule has 0 bridgehead atoms. The highest BCUT2D eigenvalue weighted by molar-refractivity contribution is 6.22. The van der Waals surface area contributed by atoms with E-state index in [0.717, 1.165) is 4.90 Å². The van der Waals surface area contributed by atoms with Gasteiger partial charge in [0.25, 0.3) is 11.8 Å². The zero-order valence-corrected chi connectivity index (χ0v) is 10.8. The molecular weight excluding hydrogens is 246 g/mol. The first-order valence-corrected chi connectivity index (χ1v) is 5.95. The van der Waals surface area contributed by atoms with Crippen LogP contribution in [0.5, 0.6) is 0 Å². The van der Waals surface area contributed by atoms with Crippen molar-refractivity contribution in [3.63, 3.8) is 0 Å². The van der Waals surface area contributed by atoms with Gasteiger partial charge in [-0.3, -0.25) is 19.3 Å². The molecule has 6 nitrogen and oxygen atoms in total. The van der Waals surface area contributed by atoms with E-state index in [9.17, 15) is 14.4 Å². The molecule has 1 aliphatic rings. The normalized spacial score (nSPS) is 13.9. The molecule has 0 saturated heterocycles. The molecule has 0 aliphatic carbocycles. The van der Waals surface area contributed by atoms with E-state index < -0.39 is 11.8 Å². The van der Waals surface area contributed by atoms with E-state index in [1.807, 2.05) is 0 Å². The number of fused-ring (bicyclic) bond motifs is 1. The lowest BCUT2D eigenvalue weighted by atomic mass is 10.1. The average molecular weight is 261 g/mol. The molecule has 6 heteroatoms. The number of benzene rings is 1. The van der Waals surface area contributed by atoms with E-state index in [1.54, 1.807) is 19.9 Å². The van der Waals surface area contributed by atoms with Crippen molar-refractivity contribution in [1.82, 2.24) is 10.2 Å². The van der Waals surface area contributed by atoms with E-state index >= 15 is 0 Å². The minimum Gasteiger partial charge on any atom is -0.399 e. The van der Waals surface area contributed by atoms with Crippen LogP contribution in [0.25, 0.3) is 0 Å². The number of amides is 3. The number of hydrogen-bond acceptors (Lipinski definition) is 4. The Morgan fingerprint density at radius 3 is 2.53 bits per heavy atom. The van der Waals surface area contributed by atoms with Gasteiger partial charge in [0, 0.05) is 11.7 Å². The standard InChI is InChI=1S/C13H15N3O3/c1-7(2)15-11(17)6-16-12(18)9-4-3-8(14)5-10(9)13(16)19/h3-5,7H,6,14H2,1-2H3,(H,15,17). The minimum atomic E-state index is -0.480. The Morgan fingerprint density at radius 1 is 1.26 bits per heavy atom. The van der Waals surface area contributed by atoms with Crippen LogP contribution in [0.3, 0.4) is 0 Å². The van der Waals surface area contributed by atoms with Crippen LogP contribution < -0.4 is 11.1 Å². The van der Waals surface area contributed by atoms with Crippen molar-refractivity contribution in [1.29, 1.82) is 0 Å². The Balaban J connectivity index is 2.21. The smallest absolute Gasteiger partial charge is 0.262 e. The van der Waals surface area contributed by atoms with Gasteiger partial charge in [0.2, 0.25) is 5.91 Å². The van der Waals surface area contributed by atoms with Crippen LogP contribution in [0, 0.1) is 0 Å². The number of anilines is 1. The summed E-state index contributed by atoms with van der Waals surface area (Å²) >= 11 is 0. The fraction of sp³-hybridized carbons (Fsp3) is 0.308. The summed E-state index contributed by atoms with van der Waals surface area (Å²) in [5, 5.41) is 2.64. The van der Waals surface area contributed by atoms with E-state index in [-0.39, 0.29) is 29.6 Å². The molecule has 0 spiro atoms. The zero-order chi connectivity index (χ0) is 14.2. The summed E-state index contributed by atoms with van der Waals surface area (Å²) in [4.78, 5) is 36.6. The van der Waals surface area contributed by atoms with Crippen molar-refractivity contribution in [2.75, 3.05) is 12.3 Å². The topological polar surface area (TPSA) is 92.5 Å². The second-order valence-electron chi connectivity index (χ2n) is 4.72. The van der Waals surface area contributed by atoms with Crippen molar-refractivity contribution in [3.05, 3.63) is 29.3 Å². The van der Waals surface area contributed by atoms with E-state index in [0.29, 0.717) is 5.69 Å². The molecule has 1 aromatic rings. The molecule has 2 rings (SSSR count). The Hall–Kier alpha value is -2.37. The summed E-state index contributed by atoms with van der Waals surface area (Å²) in [5.41, 5.74) is 6.54. The van der Waals surface area contributed by atoms with Crippen molar-refractivity contribution in [2.24, 2.45) is 0 Å². The van der Waals surface area contributed by atoms with Crippen molar-refractivity contribution >= 4 is 23.4 Å². The number of rotatable bonds is 3.